The Labute approximate surface area is 671 Å². The Bertz CT molecular complexity index is 5390. The van der Waals surface area contributed by atoms with E-state index in [-0.39, 0.29) is 23.3 Å². The van der Waals surface area contributed by atoms with Crippen LogP contribution in [0.2, 0.25) is 0 Å². The highest BCUT2D eigenvalue weighted by atomic mass is 79.9. The number of aryl methyl sites for hydroxylation is 6. The van der Waals surface area contributed by atoms with E-state index in [0.717, 1.165) is 174 Å². The molecule has 0 amide bonds. The minimum absolute atomic E-state index is 0.130. The van der Waals surface area contributed by atoms with E-state index in [9.17, 15) is 17.6 Å². The third-order valence-electron chi connectivity index (χ3n) is 22.2. The van der Waals surface area contributed by atoms with E-state index in [1.54, 1.807) is 67.0 Å². The van der Waals surface area contributed by atoms with Gasteiger partial charge in [0, 0.05) is 77.0 Å². The minimum atomic E-state index is -0.215. The first-order chi connectivity index (χ1) is 53.5. The van der Waals surface area contributed by atoms with Gasteiger partial charge in [0.2, 0.25) is 0 Å². The van der Waals surface area contributed by atoms with Crippen molar-refractivity contribution < 1.29 is 26.7 Å². The van der Waals surface area contributed by atoms with E-state index in [2.05, 4.69) is 167 Å². The summed E-state index contributed by atoms with van der Waals surface area (Å²) in [7, 11) is 1.61. The number of halogens is 7. The Balaban J connectivity index is 0.000000122. The van der Waals surface area contributed by atoms with Crippen LogP contribution in [-0.2, 0) is 51.4 Å². The Morgan fingerprint density at radius 1 is 0.545 bits per heavy atom. The van der Waals surface area contributed by atoms with Gasteiger partial charge in [-0.25, -0.2) is 17.6 Å². The molecule has 11 aromatic rings. The molecule has 4 aliphatic heterocycles. The predicted octanol–water partition coefficient (Wildman–Crippen LogP) is 21.5. The summed E-state index contributed by atoms with van der Waals surface area (Å²) in [5.41, 5.74) is 13.6. The lowest BCUT2D eigenvalue weighted by atomic mass is 9.92. The summed E-state index contributed by atoms with van der Waals surface area (Å²) in [5, 5.41) is 26.4. The number of nitriles is 1. The van der Waals surface area contributed by atoms with Gasteiger partial charge in [-0.2, -0.15) is 5.26 Å². The summed E-state index contributed by atoms with van der Waals surface area (Å²) >= 11 is 12.6. The standard InChI is InChI=1S/C24H24BrFN2.C23H22BrFN2S.C23H24FN3O.C21H20BrFN2O/c1-16(2)28-13-12-27-24(28)22-8-5-9-23(26)21(22)11-10-18-15-19(25)14-17-6-3-4-7-20(17)18;24-16-12-14(22-15(13-16)10-11-28-22)8-9-17-18(4-3-5-19(17)25)23-26-20-6-1-2-7-21(20)27-23;1-28-22-12-9-15(14-25)13-16(22)10-11-17-18(5-4-6-19(17)24)23-26-20-7-2-3-8-21(20)27-23;1-12-13(2)26-20-14(10-15(22)11-18(12)20)6-7-16-17(4-3-5-19(16)23)21-24-8-9-25-21/h3-9,14-16H,10-13H2,1-2H3;3-5,10-13,20-21H,1-2,6-9H2,(H,26,27);4-6,9,12-13,20-21H,2-3,7-8,10-11H2,1H3,(H,26,27);3-5,10-11H,6-9H2,1-2H3,(H,24,25)/t;2*20-,21-;/m.00./s1. The van der Waals surface area contributed by atoms with Crippen LogP contribution in [-0.4, -0.2) is 91.7 Å². The van der Waals surface area contributed by atoms with Crippen molar-refractivity contribution in [3.8, 4) is 11.8 Å². The van der Waals surface area contributed by atoms with Crippen LogP contribution in [0.1, 0.15) is 149 Å². The van der Waals surface area contributed by atoms with Crippen molar-refractivity contribution >= 4 is 114 Å². The highest BCUT2D eigenvalue weighted by Crippen LogP contribution is 2.37. The Kier molecular flexibility index (Phi) is 25.2. The highest BCUT2D eigenvalue weighted by molar-refractivity contribution is 9.11. The number of rotatable bonds is 18. The van der Waals surface area contributed by atoms with Crippen molar-refractivity contribution in [2.45, 2.75) is 161 Å². The second kappa shape index (κ2) is 35.6. The molecule has 9 aromatic carbocycles. The second-order valence-corrected chi connectivity index (χ2v) is 33.1. The van der Waals surface area contributed by atoms with Gasteiger partial charge in [0.1, 0.15) is 63.7 Å². The quantitative estimate of drug-likeness (QED) is 0.0728. The molecule has 0 bridgehead atoms. The fraction of sp³-hybridized carbons (Fsp3) is 0.330. The van der Waals surface area contributed by atoms with Gasteiger partial charge < -0.3 is 30.0 Å². The van der Waals surface area contributed by atoms with E-state index >= 15 is 0 Å². The molecule has 0 radical (unpaired) electrons. The molecule has 6 heterocycles. The molecule has 0 saturated heterocycles. The van der Waals surface area contributed by atoms with Gasteiger partial charge >= 0.3 is 0 Å². The maximum absolute atomic E-state index is 14.8. The lowest BCUT2D eigenvalue weighted by molar-refractivity contribution is 0.381. The smallest absolute Gasteiger partial charge is 0.137 e. The molecule has 0 spiro atoms. The van der Waals surface area contributed by atoms with E-state index in [1.807, 2.05) is 43.3 Å². The minimum Gasteiger partial charge on any atom is -0.496 e. The van der Waals surface area contributed by atoms with Crippen molar-refractivity contribution in [3.63, 3.8) is 0 Å². The molecule has 6 aliphatic rings. The summed E-state index contributed by atoms with van der Waals surface area (Å²) in [6.45, 7) is 11.6. The second-order valence-electron chi connectivity index (χ2n) is 29.4. The van der Waals surface area contributed by atoms with Crippen LogP contribution in [0.25, 0.3) is 31.8 Å². The molecule has 2 aliphatic carbocycles. The van der Waals surface area contributed by atoms with Gasteiger partial charge in [-0.05, 0) is 261 Å². The lowest BCUT2D eigenvalue weighted by Crippen LogP contribution is -2.37. The number of nitrogens with zero attached hydrogens (tertiary/aromatic N) is 6. The Hall–Kier alpha value is -8.93. The van der Waals surface area contributed by atoms with Crippen molar-refractivity contribution in [1.82, 2.24) is 20.9 Å². The number of aliphatic imine (C=N–C) groups is 4. The molecular weight excluding hydrogens is 1600 g/mol. The van der Waals surface area contributed by atoms with Crippen LogP contribution in [0.4, 0.5) is 17.6 Å². The number of benzene rings is 9. The van der Waals surface area contributed by atoms with Crippen molar-refractivity contribution in [2.24, 2.45) is 20.0 Å². The van der Waals surface area contributed by atoms with Gasteiger partial charge in [-0.15, -0.1) is 11.3 Å². The SMILES string of the molecule is CC(C)N1CCN=C1c1cccc(F)c1CCc1cc(Br)cc2ccccc12.COc1ccc(C#N)cc1CCc1c(F)cccc1C1=N[C@H]2CCCC[C@@H]2N1.Cc1oc2c(CCc3c(F)cccc3C3=NCCN3)cc(Br)cc2c1C.Fc1cccc(C2=N[C@H]3CCCC[C@@H]3N2)c1CCc1cc(Br)cc2ccsc12. The summed E-state index contributed by atoms with van der Waals surface area (Å²) in [4.78, 5) is 21.2. The van der Waals surface area contributed by atoms with Crippen LogP contribution in [0, 0.1) is 48.4 Å². The van der Waals surface area contributed by atoms with E-state index in [1.165, 1.54) is 69.8 Å². The molecule has 566 valence electrons. The zero-order chi connectivity index (χ0) is 76.5. The normalized spacial score (nSPS) is 17.6. The number of thiophene rings is 1. The first-order valence-corrected chi connectivity index (χ1v) is 41.7. The maximum atomic E-state index is 14.8. The third kappa shape index (κ3) is 17.7. The molecule has 19 heteroatoms. The van der Waals surface area contributed by atoms with Crippen LogP contribution >= 0.6 is 59.1 Å². The lowest BCUT2D eigenvalue weighted by Gasteiger charge is -2.26. The van der Waals surface area contributed by atoms with Crippen molar-refractivity contribution in [2.75, 3.05) is 33.3 Å². The summed E-state index contributed by atoms with van der Waals surface area (Å²) in [6.07, 6.45) is 14.8. The van der Waals surface area contributed by atoms with E-state index < -0.39 is 0 Å². The summed E-state index contributed by atoms with van der Waals surface area (Å²) in [5.74, 6) is 4.42. The first kappa shape index (κ1) is 77.8. The third-order valence-corrected chi connectivity index (χ3v) is 24.5. The van der Waals surface area contributed by atoms with E-state index in [0.29, 0.717) is 85.4 Å². The topological polar surface area (TPSA) is 135 Å². The Morgan fingerprint density at radius 3 is 1.65 bits per heavy atom. The summed E-state index contributed by atoms with van der Waals surface area (Å²) in [6, 6.07) is 53.7. The first-order valence-electron chi connectivity index (χ1n) is 38.4. The van der Waals surface area contributed by atoms with Crippen molar-refractivity contribution in [1.29, 1.82) is 5.26 Å². The van der Waals surface area contributed by atoms with Crippen LogP contribution in [0.15, 0.2) is 201 Å². The fourth-order valence-corrected chi connectivity index (χ4v) is 18.9. The number of hydrogen-bond donors (Lipinski definition) is 3. The molecule has 110 heavy (non-hydrogen) atoms. The molecule has 2 aromatic heterocycles. The van der Waals surface area contributed by atoms with Gasteiger partial charge in [0.25, 0.3) is 0 Å². The van der Waals surface area contributed by atoms with Gasteiger partial charge in [0.15, 0.2) is 0 Å². The fourth-order valence-electron chi connectivity index (χ4n) is 16.4. The van der Waals surface area contributed by atoms with Crippen LogP contribution in [0.3, 0.4) is 0 Å². The maximum Gasteiger partial charge on any atom is 0.137 e. The number of amidine groups is 4. The Morgan fingerprint density at radius 2 is 1.07 bits per heavy atom. The zero-order valence-electron chi connectivity index (χ0n) is 62.7. The molecule has 0 unspecified atom stereocenters. The van der Waals surface area contributed by atoms with Gasteiger partial charge in [-0.1, -0.05) is 146 Å². The number of hydrogen-bond acceptors (Lipinski definition) is 12. The average Bonchev–Trinajstić information content (AvgIpc) is 1.61. The van der Waals surface area contributed by atoms with E-state index in [4.69, 9.17) is 29.4 Å². The molecule has 2 fully saturated rings. The molecule has 2 saturated carbocycles. The summed E-state index contributed by atoms with van der Waals surface area (Å²) < 4.78 is 74.8. The molecule has 17 rings (SSSR count). The van der Waals surface area contributed by atoms with Crippen molar-refractivity contribution in [3.05, 3.63) is 283 Å². The number of ether oxygens (including phenoxy) is 1. The molecule has 4 atom stereocenters. The number of methoxy groups -OCH3 is 1. The average molecular weight is 1690 g/mol. The zero-order valence-corrected chi connectivity index (χ0v) is 68.2. The van der Waals surface area contributed by atoms with Crippen LogP contribution in [0.5, 0.6) is 5.75 Å². The number of nitrogens with one attached hydrogen (secondary N) is 3. The highest BCUT2D eigenvalue weighted by Gasteiger charge is 2.34. The molecule has 3 N–H and O–H groups in total. The molecule has 11 nitrogen and oxygen atoms in total. The molecular formula is C91H90Br3F4N9O2S. The monoisotopic (exact) mass is 1690 g/mol. The van der Waals surface area contributed by atoms with Gasteiger partial charge in [-0.3, -0.25) is 20.0 Å². The van der Waals surface area contributed by atoms with Gasteiger partial charge in [0.05, 0.1) is 43.9 Å². The number of furan rings is 1. The largest absolute Gasteiger partial charge is 0.496 e. The predicted molar refractivity (Wildman–Crippen MR) is 452 cm³/mol. The van der Waals surface area contributed by atoms with Crippen LogP contribution < -0.4 is 20.7 Å². The number of fused-ring (bicyclic) bond motifs is 5.